The third-order valence-corrected chi connectivity index (χ3v) is 5.44. The zero-order valence-electron chi connectivity index (χ0n) is 15.9. The standard InChI is InChI=1S/C21H27N3OS/c1-5-16-13-14(2)20-19(15(16)3)22-21(24(20)18(25)11-12-26)23(4)17-9-7-6-8-10-17/h6-10,13-15,26H,5,11-12H2,1-4H3. The summed E-state index contributed by atoms with van der Waals surface area (Å²) in [7, 11) is 1.97. The van der Waals surface area contributed by atoms with Crippen LogP contribution in [-0.2, 0) is 0 Å². The van der Waals surface area contributed by atoms with E-state index in [1.54, 1.807) is 0 Å². The van der Waals surface area contributed by atoms with E-state index in [0.29, 0.717) is 18.1 Å². The average Bonchev–Trinajstić information content (AvgIpc) is 3.06. The molecule has 1 heterocycles. The molecule has 0 saturated heterocycles. The minimum atomic E-state index is 0.0546. The molecule has 0 bridgehead atoms. The van der Waals surface area contributed by atoms with Crippen LogP contribution in [0, 0.1) is 0 Å². The van der Waals surface area contributed by atoms with Gasteiger partial charge in [0.05, 0.1) is 11.4 Å². The lowest BCUT2D eigenvalue weighted by Crippen LogP contribution is -2.23. The number of fused-ring (bicyclic) bond motifs is 1. The number of hydrogen-bond donors (Lipinski definition) is 1. The van der Waals surface area contributed by atoms with Crippen molar-refractivity contribution >= 4 is 30.2 Å². The molecule has 138 valence electrons. The molecule has 0 N–H and O–H groups in total. The highest BCUT2D eigenvalue weighted by Gasteiger charge is 2.33. The molecule has 1 aliphatic carbocycles. The molecule has 2 atom stereocenters. The molecule has 4 nitrogen and oxygen atoms in total. The zero-order chi connectivity index (χ0) is 18.8. The van der Waals surface area contributed by atoms with Gasteiger partial charge in [0.15, 0.2) is 0 Å². The number of anilines is 2. The fourth-order valence-electron chi connectivity index (χ4n) is 3.78. The van der Waals surface area contributed by atoms with Crippen molar-refractivity contribution in [1.29, 1.82) is 0 Å². The Morgan fingerprint density at radius 2 is 1.96 bits per heavy atom. The highest BCUT2D eigenvalue weighted by Crippen LogP contribution is 2.41. The smallest absolute Gasteiger partial charge is 0.234 e. The number of hydrogen-bond acceptors (Lipinski definition) is 4. The van der Waals surface area contributed by atoms with Gasteiger partial charge in [-0.1, -0.05) is 50.6 Å². The van der Waals surface area contributed by atoms with Gasteiger partial charge in [-0.15, -0.1) is 0 Å². The van der Waals surface area contributed by atoms with Gasteiger partial charge < -0.3 is 4.90 Å². The van der Waals surface area contributed by atoms with Gasteiger partial charge in [0, 0.05) is 31.0 Å². The second-order valence-electron chi connectivity index (χ2n) is 6.89. The van der Waals surface area contributed by atoms with E-state index in [1.165, 1.54) is 5.57 Å². The third-order valence-electron chi connectivity index (χ3n) is 5.21. The van der Waals surface area contributed by atoms with Crippen molar-refractivity contribution in [1.82, 2.24) is 9.55 Å². The number of rotatable bonds is 5. The predicted molar refractivity (Wildman–Crippen MR) is 111 cm³/mol. The molecule has 1 aliphatic rings. The van der Waals surface area contributed by atoms with Crippen LogP contribution in [0.1, 0.15) is 61.6 Å². The molecule has 2 unspecified atom stereocenters. The Morgan fingerprint density at radius 3 is 2.58 bits per heavy atom. The van der Waals surface area contributed by atoms with E-state index in [9.17, 15) is 4.79 Å². The van der Waals surface area contributed by atoms with Gasteiger partial charge in [-0.25, -0.2) is 4.98 Å². The molecule has 2 aromatic rings. The molecular weight excluding hydrogens is 342 g/mol. The summed E-state index contributed by atoms with van der Waals surface area (Å²) in [4.78, 5) is 19.9. The maximum atomic E-state index is 13.0. The van der Waals surface area contributed by atoms with Gasteiger partial charge in [-0.05, 0) is 24.3 Å². The lowest BCUT2D eigenvalue weighted by atomic mass is 9.83. The Hall–Kier alpha value is -2.01. The largest absolute Gasteiger partial charge is 0.315 e. The number of carbonyl (C=O) groups excluding carboxylic acids is 1. The van der Waals surface area contributed by atoms with Crippen LogP contribution >= 0.6 is 12.6 Å². The van der Waals surface area contributed by atoms with Crippen molar-refractivity contribution in [3.8, 4) is 0 Å². The number of benzene rings is 1. The summed E-state index contributed by atoms with van der Waals surface area (Å²) in [6, 6.07) is 10.0. The van der Waals surface area contributed by atoms with Crippen molar-refractivity contribution in [2.24, 2.45) is 0 Å². The minimum absolute atomic E-state index is 0.0546. The van der Waals surface area contributed by atoms with Crippen molar-refractivity contribution in [3.05, 3.63) is 53.4 Å². The Balaban J connectivity index is 2.17. The molecule has 0 spiro atoms. The van der Waals surface area contributed by atoms with Crippen LogP contribution in [0.5, 0.6) is 0 Å². The van der Waals surface area contributed by atoms with E-state index >= 15 is 0 Å². The molecule has 3 rings (SSSR count). The van der Waals surface area contributed by atoms with Crippen LogP contribution in [0.2, 0.25) is 0 Å². The fraction of sp³-hybridized carbons (Fsp3) is 0.429. The normalized spacial score (nSPS) is 19.0. The van der Waals surface area contributed by atoms with Gasteiger partial charge in [-0.2, -0.15) is 12.6 Å². The number of nitrogens with zero attached hydrogens (tertiary/aromatic N) is 3. The molecule has 26 heavy (non-hydrogen) atoms. The van der Waals surface area contributed by atoms with E-state index in [-0.39, 0.29) is 17.7 Å². The summed E-state index contributed by atoms with van der Waals surface area (Å²) in [6.45, 7) is 6.52. The Bertz CT molecular complexity index is 825. The average molecular weight is 370 g/mol. The van der Waals surface area contributed by atoms with Crippen LogP contribution in [-0.4, -0.2) is 28.3 Å². The van der Waals surface area contributed by atoms with Crippen molar-refractivity contribution < 1.29 is 4.79 Å². The number of thiol groups is 1. The fourth-order valence-corrected chi connectivity index (χ4v) is 3.97. The van der Waals surface area contributed by atoms with Gasteiger partial charge in [0.25, 0.3) is 0 Å². The summed E-state index contributed by atoms with van der Waals surface area (Å²) >= 11 is 4.26. The summed E-state index contributed by atoms with van der Waals surface area (Å²) in [5.74, 6) is 1.68. The maximum absolute atomic E-state index is 13.0. The van der Waals surface area contributed by atoms with Crippen molar-refractivity contribution in [3.63, 3.8) is 0 Å². The third kappa shape index (κ3) is 3.20. The number of imidazole rings is 1. The molecular formula is C21H27N3OS. The first-order valence-corrected chi connectivity index (χ1v) is 9.88. The lowest BCUT2D eigenvalue weighted by molar-refractivity contribution is 0.0908. The van der Waals surface area contributed by atoms with E-state index in [1.807, 2.05) is 46.8 Å². The Morgan fingerprint density at radius 1 is 1.27 bits per heavy atom. The second kappa shape index (κ2) is 7.70. The highest BCUT2D eigenvalue weighted by molar-refractivity contribution is 7.80. The summed E-state index contributed by atoms with van der Waals surface area (Å²) in [5, 5.41) is 0. The molecule has 1 aromatic carbocycles. The molecule has 1 aromatic heterocycles. The summed E-state index contributed by atoms with van der Waals surface area (Å²) in [5.41, 5.74) is 4.46. The first-order chi connectivity index (χ1) is 12.5. The van der Waals surface area contributed by atoms with Gasteiger partial charge in [-0.3, -0.25) is 9.36 Å². The summed E-state index contributed by atoms with van der Waals surface area (Å²) < 4.78 is 1.82. The molecule has 5 heteroatoms. The van der Waals surface area contributed by atoms with Crippen LogP contribution < -0.4 is 4.90 Å². The minimum Gasteiger partial charge on any atom is -0.315 e. The van der Waals surface area contributed by atoms with Crippen LogP contribution in [0.15, 0.2) is 42.0 Å². The number of aromatic nitrogens is 2. The van der Waals surface area contributed by atoms with Crippen molar-refractivity contribution in [2.75, 3.05) is 17.7 Å². The second-order valence-corrected chi connectivity index (χ2v) is 7.33. The monoisotopic (exact) mass is 369 g/mol. The SMILES string of the molecule is CCC1=CC(C)c2c(nc(N(C)c3ccccc3)n2C(=O)CCS)C1C. The van der Waals surface area contributed by atoms with E-state index in [0.717, 1.165) is 23.5 Å². The quantitative estimate of drug-likeness (QED) is 0.584. The first kappa shape index (κ1) is 18.8. The van der Waals surface area contributed by atoms with E-state index in [4.69, 9.17) is 4.98 Å². The molecule has 0 radical (unpaired) electrons. The number of carbonyl (C=O) groups is 1. The van der Waals surface area contributed by atoms with Crippen molar-refractivity contribution in [2.45, 2.75) is 45.4 Å². The molecule has 0 saturated carbocycles. The number of allylic oxidation sites excluding steroid dienone is 2. The lowest BCUT2D eigenvalue weighted by Gasteiger charge is -2.25. The highest BCUT2D eigenvalue weighted by atomic mass is 32.1. The Labute approximate surface area is 161 Å². The van der Waals surface area contributed by atoms with Crippen LogP contribution in [0.3, 0.4) is 0 Å². The maximum Gasteiger partial charge on any atom is 0.234 e. The summed E-state index contributed by atoms with van der Waals surface area (Å²) in [6.07, 6.45) is 3.70. The molecule has 0 aliphatic heterocycles. The molecule has 0 fully saturated rings. The topological polar surface area (TPSA) is 38.1 Å². The predicted octanol–water partition coefficient (Wildman–Crippen LogP) is 5.17. The van der Waals surface area contributed by atoms with Gasteiger partial charge >= 0.3 is 0 Å². The van der Waals surface area contributed by atoms with E-state index < -0.39 is 0 Å². The van der Waals surface area contributed by atoms with Crippen LogP contribution in [0.4, 0.5) is 11.6 Å². The first-order valence-electron chi connectivity index (χ1n) is 9.25. The van der Waals surface area contributed by atoms with Gasteiger partial charge in [0.1, 0.15) is 0 Å². The number of para-hydroxylation sites is 1. The van der Waals surface area contributed by atoms with Gasteiger partial charge in [0.2, 0.25) is 11.9 Å². The molecule has 0 amide bonds. The Kier molecular flexibility index (Phi) is 5.56. The zero-order valence-corrected chi connectivity index (χ0v) is 16.8. The van der Waals surface area contributed by atoms with E-state index in [2.05, 4.69) is 39.5 Å². The van der Waals surface area contributed by atoms with Crippen LogP contribution in [0.25, 0.3) is 0 Å².